The number of rotatable bonds is 7. The van der Waals surface area contributed by atoms with Crippen LogP contribution in [0.4, 0.5) is 17.1 Å². The van der Waals surface area contributed by atoms with Crippen molar-refractivity contribution in [1.82, 2.24) is 29.9 Å². The molecule has 6 aromatic heterocycles. The van der Waals surface area contributed by atoms with Gasteiger partial charge in [-0.1, -0.05) is 30.3 Å². The zero-order chi connectivity index (χ0) is 44.5. The number of nitrogens with one attached hydrogen (secondary N) is 3. The molecule has 62 heavy (non-hydrogen) atoms. The van der Waals surface area contributed by atoms with Gasteiger partial charge in [0.05, 0.1) is 9.85 Å². The van der Waals surface area contributed by atoms with E-state index in [1.165, 1.54) is 47.3 Å². The van der Waals surface area contributed by atoms with E-state index in [-0.39, 0.29) is 34.1 Å². The molecule has 5 N–H and O–H groups in total. The molecule has 3 aromatic carbocycles. The largest absolute Gasteiger partial charge is 0.399 e. The molecule has 0 spiro atoms. The van der Waals surface area contributed by atoms with E-state index in [1.807, 2.05) is 51.4 Å². The number of hydrogen-bond acceptors (Lipinski definition) is 11. The summed E-state index contributed by atoms with van der Waals surface area (Å²) in [6.45, 7) is 5.88. The van der Waals surface area contributed by atoms with Gasteiger partial charge < -0.3 is 20.7 Å². The van der Waals surface area contributed by atoms with Gasteiger partial charge in [0.25, 0.3) is 16.6 Å². The summed E-state index contributed by atoms with van der Waals surface area (Å²) >= 11 is 5.12. The maximum atomic E-state index is 12.5. The summed E-state index contributed by atoms with van der Waals surface area (Å²) in [5.74, 6) is -0.316. The number of ketones is 2. The number of anilines is 1. The lowest BCUT2D eigenvalue weighted by atomic mass is 10.0. The third-order valence-corrected chi connectivity index (χ3v) is 9.33. The zero-order valence-electron chi connectivity index (χ0n) is 33.3. The number of pyridine rings is 3. The molecule has 0 amide bonds. The monoisotopic (exact) mass is 849 g/mol. The molecule has 17 heteroatoms. The summed E-state index contributed by atoms with van der Waals surface area (Å²) in [4.78, 5) is 77.2. The number of carbonyl (C=O) groups is 3. The zero-order valence-corrected chi connectivity index (χ0v) is 34.0. The van der Waals surface area contributed by atoms with Crippen LogP contribution >= 0.6 is 11.6 Å². The average Bonchev–Trinajstić information content (AvgIpc) is 4.02. The maximum absolute atomic E-state index is 12.5. The number of hydrogen-bond donors (Lipinski definition) is 4. The first-order valence-corrected chi connectivity index (χ1v) is 19.0. The van der Waals surface area contributed by atoms with Crippen LogP contribution in [0.3, 0.4) is 0 Å². The van der Waals surface area contributed by atoms with Gasteiger partial charge in [0.1, 0.15) is 16.9 Å². The second-order valence-electron chi connectivity index (χ2n) is 13.8. The highest BCUT2D eigenvalue weighted by Crippen LogP contribution is 2.24. The number of H-pyrrole nitrogens is 3. The van der Waals surface area contributed by atoms with Crippen molar-refractivity contribution in [2.45, 2.75) is 20.8 Å². The predicted molar refractivity (Wildman–Crippen MR) is 237 cm³/mol. The van der Waals surface area contributed by atoms with E-state index >= 15 is 0 Å². The average molecular weight is 850 g/mol. The van der Waals surface area contributed by atoms with Gasteiger partial charge in [-0.3, -0.25) is 34.6 Å². The van der Waals surface area contributed by atoms with Crippen LogP contribution in [0.5, 0.6) is 0 Å². The highest BCUT2D eigenvalue weighted by atomic mass is 35.5. The second-order valence-corrected chi connectivity index (χ2v) is 14.2. The number of nitrogen functional groups attached to an aromatic ring is 1. The molecule has 6 heterocycles. The summed E-state index contributed by atoms with van der Waals surface area (Å²) < 4.78 is 0. The Morgan fingerprint density at radius 2 is 1.03 bits per heavy atom. The molecule has 0 fully saturated rings. The van der Waals surface area contributed by atoms with Crippen molar-refractivity contribution in [3.63, 3.8) is 0 Å². The van der Waals surface area contributed by atoms with E-state index in [0.717, 1.165) is 33.9 Å². The van der Waals surface area contributed by atoms with Crippen LogP contribution in [0, 0.1) is 41.0 Å². The number of aromatic amines is 3. The van der Waals surface area contributed by atoms with Crippen molar-refractivity contribution in [2.24, 2.45) is 0 Å². The van der Waals surface area contributed by atoms with Gasteiger partial charge in [0.15, 0.2) is 11.6 Å². The van der Waals surface area contributed by atoms with Crippen LogP contribution < -0.4 is 5.73 Å². The Morgan fingerprint density at radius 3 is 1.53 bits per heavy atom. The van der Waals surface area contributed by atoms with Gasteiger partial charge in [0, 0.05) is 111 Å². The smallest absolute Gasteiger partial charge is 0.270 e. The second kappa shape index (κ2) is 19.1. The van der Waals surface area contributed by atoms with Crippen molar-refractivity contribution in [2.75, 3.05) is 5.73 Å². The number of nitrogens with two attached hydrogens (primary N) is 1. The third-order valence-electron chi connectivity index (χ3n) is 9.11. The Hall–Kier alpha value is -8.37. The number of nitro benzene ring substituents is 2. The number of nitrogens with zero attached hydrogens (tertiary/aromatic N) is 5. The maximum Gasteiger partial charge on any atom is 0.270 e. The third kappa shape index (κ3) is 10.4. The number of nitro groups is 2. The minimum atomic E-state index is -0.696. The Bertz CT molecular complexity index is 3110. The Kier molecular flexibility index (Phi) is 13.3. The molecule has 0 bridgehead atoms. The van der Waals surface area contributed by atoms with Gasteiger partial charge >= 0.3 is 0 Å². The Morgan fingerprint density at radius 1 is 0.581 bits per heavy atom. The number of aromatic nitrogens is 6. The molecule has 0 aliphatic rings. The van der Waals surface area contributed by atoms with E-state index in [9.17, 15) is 34.6 Å². The summed E-state index contributed by atoms with van der Waals surface area (Å²) in [5.41, 5.74) is 13.6. The van der Waals surface area contributed by atoms with Crippen LogP contribution in [0.25, 0.3) is 33.1 Å². The standard InChI is InChI=1S/C15H11N3O3.C15H13N3O.C8H8N2.C7H4ClNO3/c1-9-5-12-13(8-17-15(12)16-7-9)14(19)10-3-2-4-11(6-10)18(20)21;1-9-5-12-13(8-18-15(12)17-7-9)14(19)10-3-2-4-11(16)6-10;1-6-4-7-2-3-9-8(7)10-5-6;8-7(10)5-2-1-3-6(4-5)9(11)12/h2-8H,1H3,(H,16,17);2-8H,16H2,1H3,(H,17,18);2-5H,1H3,(H,9,10);1-4H. The molecule has 0 aliphatic carbocycles. The topological polar surface area (TPSA) is 250 Å². The van der Waals surface area contributed by atoms with E-state index in [2.05, 4.69) is 36.0 Å². The van der Waals surface area contributed by atoms with E-state index < -0.39 is 15.1 Å². The molecule has 0 atom stereocenters. The van der Waals surface area contributed by atoms with Crippen molar-refractivity contribution in [3.8, 4) is 0 Å². The van der Waals surface area contributed by atoms with E-state index in [0.29, 0.717) is 33.4 Å². The van der Waals surface area contributed by atoms with Crippen LogP contribution in [-0.4, -0.2) is 56.6 Å². The highest BCUT2D eigenvalue weighted by molar-refractivity contribution is 6.67. The number of fused-ring (bicyclic) bond motifs is 3. The molecular weight excluding hydrogens is 814 g/mol. The fourth-order valence-corrected chi connectivity index (χ4v) is 6.25. The van der Waals surface area contributed by atoms with Crippen molar-refractivity contribution >= 4 is 78.6 Å². The fourth-order valence-electron chi connectivity index (χ4n) is 6.13. The lowest BCUT2D eigenvalue weighted by Gasteiger charge is -2.01. The molecule has 0 saturated heterocycles. The van der Waals surface area contributed by atoms with E-state index in [1.54, 1.807) is 55.1 Å². The number of aryl methyl sites for hydroxylation is 3. The minimum Gasteiger partial charge on any atom is -0.399 e. The number of non-ortho nitro benzene ring substituents is 2. The molecule has 0 aliphatic heterocycles. The fraction of sp³-hybridized carbons (Fsp3) is 0.0667. The summed E-state index contributed by atoms with van der Waals surface area (Å²) in [5, 5.41) is 23.1. The van der Waals surface area contributed by atoms with Gasteiger partial charge in [-0.05, 0) is 91.5 Å². The summed E-state index contributed by atoms with van der Waals surface area (Å²) in [6, 6.07) is 25.9. The molecule has 0 radical (unpaired) electrons. The number of carbonyl (C=O) groups excluding carboxylic acids is 3. The molecule has 9 rings (SSSR count). The molecular formula is C45H36ClN9O7. The number of halogens is 1. The van der Waals surface area contributed by atoms with Crippen LogP contribution in [0.15, 0.2) is 134 Å². The van der Waals surface area contributed by atoms with Crippen molar-refractivity contribution < 1.29 is 24.2 Å². The first-order chi connectivity index (χ1) is 29.7. The molecule has 0 saturated carbocycles. The highest BCUT2D eigenvalue weighted by Gasteiger charge is 2.18. The van der Waals surface area contributed by atoms with Crippen LogP contribution in [-0.2, 0) is 0 Å². The van der Waals surface area contributed by atoms with Gasteiger partial charge in [-0.15, -0.1) is 0 Å². The molecule has 16 nitrogen and oxygen atoms in total. The predicted octanol–water partition coefficient (Wildman–Crippen LogP) is 9.54. The first kappa shape index (κ1) is 43.2. The lowest BCUT2D eigenvalue weighted by molar-refractivity contribution is -0.385. The molecule has 0 unspecified atom stereocenters. The summed E-state index contributed by atoms with van der Waals surface area (Å²) in [6.07, 6.45) is 10.5. The molecule has 310 valence electrons. The minimum absolute atomic E-state index is 0.0500. The van der Waals surface area contributed by atoms with Crippen molar-refractivity contribution in [3.05, 3.63) is 199 Å². The first-order valence-electron chi connectivity index (χ1n) is 18.6. The van der Waals surface area contributed by atoms with Crippen LogP contribution in [0.2, 0.25) is 0 Å². The Labute approximate surface area is 357 Å². The lowest BCUT2D eigenvalue weighted by Crippen LogP contribution is -2.01. The van der Waals surface area contributed by atoms with Crippen molar-refractivity contribution in [1.29, 1.82) is 0 Å². The summed E-state index contributed by atoms with van der Waals surface area (Å²) in [7, 11) is 0. The van der Waals surface area contributed by atoms with Gasteiger partial charge in [-0.2, -0.15) is 0 Å². The van der Waals surface area contributed by atoms with E-state index in [4.69, 9.17) is 17.3 Å². The Balaban J connectivity index is 0.000000144. The molecule has 9 aromatic rings. The normalized spacial score (nSPS) is 10.5. The van der Waals surface area contributed by atoms with Gasteiger partial charge in [0.2, 0.25) is 0 Å². The quantitative estimate of drug-likeness (QED) is 0.0386. The van der Waals surface area contributed by atoms with Crippen LogP contribution in [0.1, 0.15) is 58.9 Å². The number of benzene rings is 3. The SMILES string of the molecule is Cc1cnc2[nH]cc(C(=O)c3cccc(N)c3)c2c1.Cc1cnc2[nH]cc(C(=O)c3cccc([N+](=O)[O-])c3)c2c1.Cc1cnc2[nH]ccc2c1.O=C(Cl)c1cccc([N+](=O)[O-])c1. The van der Waals surface area contributed by atoms with Gasteiger partial charge in [-0.25, -0.2) is 15.0 Å².